The van der Waals surface area contributed by atoms with Crippen LogP contribution in [0, 0.1) is 9.39 Å². The molecule has 2 rings (SSSR count). The van der Waals surface area contributed by atoms with Gasteiger partial charge in [0.05, 0.1) is 5.56 Å². The van der Waals surface area contributed by atoms with Crippen molar-refractivity contribution in [2.75, 3.05) is 0 Å². The molecule has 0 saturated carbocycles. The van der Waals surface area contributed by atoms with Gasteiger partial charge in [0.15, 0.2) is 5.78 Å². The molecule has 0 atom stereocenters. The molecule has 0 aromatic heterocycles. The summed E-state index contributed by atoms with van der Waals surface area (Å²) in [5, 5.41) is 9.62. The molecule has 0 bridgehead atoms. The Morgan fingerprint density at radius 1 is 1.12 bits per heavy atom. The van der Waals surface area contributed by atoms with Crippen molar-refractivity contribution in [3.05, 3.63) is 63.0 Å². The summed E-state index contributed by atoms with van der Waals surface area (Å²) in [7, 11) is 0. The Balaban J connectivity index is 2.43. The lowest BCUT2D eigenvalue weighted by atomic mass is 10.0. The van der Waals surface area contributed by atoms with Gasteiger partial charge in [-0.3, -0.25) is 4.79 Å². The maximum atomic E-state index is 12.7. The number of phenolic OH excluding ortho intramolecular Hbond substituents is 1. The van der Waals surface area contributed by atoms with E-state index in [1.807, 2.05) is 0 Å². The fraction of sp³-hybridized carbons (Fsp3) is 0. The predicted octanol–water partition coefficient (Wildman–Crippen LogP) is 3.37. The third-order valence-electron chi connectivity index (χ3n) is 2.31. The normalized spacial score (nSPS) is 10.2. The largest absolute Gasteiger partial charge is 0.507 e. The second-order valence-corrected chi connectivity index (χ2v) is 4.74. The Kier molecular flexibility index (Phi) is 3.42. The molecular formula is C13H8FIO2. The molecule has 0 radical (unpaired) electrons. The molecule has 0 unspecified atom stereocenters. The molecule has 4 heteroatoms. The van der Waals surface area contributed by atoms with Gasteiger partial charge < -0.3 is 5.11 Å². The van der Waals surface area contributed by atoms with E-state index in [4.69, 9.17) is 0 Å². The summed E-state index contributed by atoms with van der Waals surface area (Å²) < 4.78 is 13.6. The number of phenols is 1. The number of carbonyl (C=O) groups excluding carboxylic acids is 1. The smallest absolute Gasteiger partial charge is 0.196 e. The molecule has 0 amide bonds. The van der Waals surface area contributed by atoms with Crippen LogP contribution in [0.25, 0.3) is 0 Å². The van der Waals surface area contributed by atoms with Crippen molar-refractivity contribution in [2.24, 2.45) is 0 Å². The molecule has 0 fully saturated rings. The highest BCUT2D eigenvalue weighted by Gasteiger charge is 2.13. The van der Waals surface area contributed by atoms with Crippen LogP contribution < -0.4 is 0 Å². The van der Waals surface area contributed by atoms with Gasteiger partial charge in [-0.25, -0.2) is 4.39 Å². The second kappa shape index (κ2) is 4.83. The van der Waals surface area contributed by atoms with Gasteiger partial charge in [0.1, 0.15) is 11.6 Å². The minimum atomic E-state index is -0.395. The molecule has 1 N–H and O–H groups in total. The van der Waals surface area contributed by atoms with Gasteiger partial charge in [-0.15, -0.1) is 0 Å². The summed E-state index contributed by atoms with van der Waals surface area (Å²) in [6, 6.07) is 10.0. The van der Waals surface area contributed by atoms with Gasteiger partial charge in [0.2, 0.25) is 0 Å². The lowest BCUT2D eigenvalue weighted by Crippen LogP contribution is -2.02. The molecule has 86 valence electrons. The van der Waals surface area contributed by atoms with Crippen molar-refractivity contribution in [3.8, 4) is 5.75 Å². The second-order valence-electron chi connectivity index (χ2n) is 3.50. The quantitative estimate of drug-likeness (QED) is 0.671. The monoisotopic (exact) mass is 342 g/mol. The van der Waals surface area contributed by atoms with Crippen molar-refractivity contribution in [3.63, 3.8) is 0 Å². The van der Waals surface area contributed by atoms with Crippen LogP contribution in [-0.4, -0.2) is 10.9 Å². The maximum absolute atomic E-state index is 12.7. The Morgan fingerprint density at radius 3 is 2.41 bits per heavy atom. The Morgan fingerprint density at radius 2 is 1.76 bits per heavy atom. The van der Waals surface area contributed by atoms with Gasteiger partial charge in [0.25, 0.3) is 0 Å². The molecule has 2 nitrogen and oxygen atoms in total. The molecule has 2 aromatic carbocycles. The molecule has 0 aliphatic rings. The summed E-state index contributed by atoms with van der Waals surface area (Å²) in [6.07, 6.45) is 0. The van der Waals surface area contributed by atoms with Gasteiger partial charge in [0, 0.05) is 9.13 Å². The summed E-state index contributed by atoms with van der Waals surface area (Å²) in [4.78, 5) is 12.0. The first kappa shape index (κ1) is 12.0. The van der Waals surface area contributed by atoms with E-state index in [0.29, 0.717) is 5.56 Å². The van der Waals surface area contributed by atoms with Crippen LogP contribution in [0.1, 0.15) is 15.9 Å². The first-order valence-corrected chi connectivity index (χ1v) is 5.94. The highest BCUT2D eigenvalue weighted by Crippen LogP contribution is 2.22. The number of ketones is 1. The minimum absolute atomic E-state index is 0.0697. The van der Waals surface area contributed by atoms with Gasteiger partial charge in [-0.1, -0.05) is 0 Å². The number of halogens is 2. The van der Waals surface area contributed by atoms with E-state index in [1.54, 1.807) is 12.1 Å². The fourth-order valence-corrected chi connectivity index (χ4v) is 1.94. The van der Waals surface area contributed by atoms with Crippen LogP contribution in [0.3, 0.4) is 0 Å². The maximum Gasteiger partial charge on any atom is 0.196 e. The van der Waals surface area contributed by atoms with Gasteiger partial charge in [-0.2, -0.15) is 0 Å². The zero-order chi connectivity index (χ0) is 12.4. The molecule has 0 spiro atoms. The molecule has 17 heavy (non-hydrogen) atoms. The van der Waals surface area contributed by atoms with Crippen LogP contribution in [0.4, 0.5) is 4.39 Å². The number of benzene rings is 2. The van der Waals surface area contributed by atoms with Crippen molar-refractivity contribution < 1.29 is 14.3 Å². The zero-order valence-electron chi connectivity index (χ0n) is 8.65. The standard InChI is InChI=1S/C13H8FIO2/c14-9-3-1-8(2-4-9)13(17)11-7-10(15)5-6-12(11)16/h1-7,16H. The Hall–Kier alpha value is -1.43. The van der Waals surface area contributed by atoms with Crippen LogP contribution in [0.2, 0.25) is 0 Å². The number of hydrogen-bond acceptors (Lipinski definition) is 2. The van der Waals surface area contributed by atoms with Gasteiger partial charge in [-0.05, 0) is 65.1 Å². The Bertz CT molecular complexity index is 564. The minimum Gasteiger partial charge on any atom is -0.507 e. The average molecular weight is 342 g/mol. The predicted molar refractivity (Wildman–Crippen MR) is 70.7 cm³/mol. The summed E-state index contributed by atoms with van der Waals surface area (Å²) >= 11 is 2.06. The molecule has 0 aliphatic carbocycles. The lowest BCUT2D eigenvalue weighted by molar-refractivity contribution is 0.103. The molecule has 0 aliphatic heterocycles. The number of hydrogen-bond donors (Lipinski definition) is 1. The van der Waals surface area contributed by atoms with E-state index >= 15 is 0 Å². The number of aromatic hydroxyl groups is 1. The van der Waals surface area contributed by atoms with E-state index in [1.165, 1.54) is 30.3 Å². The summed E-state index contributed by atoms with van der Waals surface area (Å²) in [6.45, 7) is 0. The van der Waals surface area contributed by atoms with Crippen LogP contribution >= 0.6 is 22.6 Å². The van der Waals surface area contributed by atoms with Crippen molar-refractivity contribution in [2.45, 2.75) is 0 Å². The molecular weight excluding hydrogens is 334 g/mol. The van der Waals surface area contributed by atoms with Crippen molar-refractivity contribution in [1.82, 2.24) is 0 Å². The number of rotatable bonds is 2. The first-order chi connectivity index (χ1) is 8.08. The molecule has 2 aromatic rings. The highest BCUT2D eigenvalue weighted by atomic mass is 127. The van der Waals surface area contributed by atoms with E-state index in [9.17, 15) is 14.3 Å². The third-order valence-corrected chi connectivity index (χ3v) is 2.98. The van der Waals surface area contributed by atoms with Crippen molar-refractivity contribution >= 4 is 28.4 Å². The van der Waals surface area contributed by atoms with E-state index in [0.717, 1.165) is 3.57 Å². The fourth-order valence-electron chi connectivity index (χ4n) is 1.45. The molecule has 0 saturated heterocycles. The lowest BCUT2D eigenvalue weighted by Gasteiger charge is -2.04. The first-order valence-electron chi connectivity index (χ1n) is 4.87. The summed E-state index contributed by atoms with van der Waals surface area (Å²) in [5.74, 6) is -0.783. The topological polar surface area (TPSA) is 37.3 Å². The summed E-state index contributed by atoms with van der Waals surface area (Å²) in [5.41, 5.74) is 0.576. The van der Waals surface area contributed by atoms with Gasteiger partial charge >= 0.3 is 0 Å². The third kappa shape index (κ3) is 2.63. The highest BCUT2D eigenvalue weighted by molar-refractivity contribution is 14.1. The van der Waals surface area contributed by atoms with Crippen molar-refractivity contribution in [1.29, 1.82) is 0 Å². The van der Waals surface area contributed by atoms with Crippen LogP contribution in [-0.2, 0) is 0 Å². The van der Waals surface area contributed by atoms with Crippen LogP contribution in [0.5, 0.6) is 5.75 Å². The number of carbonyl (C=O) groups is 1. The molecule has 0 heterocycles. The average Bonchev–Trinajstić information content (AvgIpc) is 2.32. The Labute approximate surface area is 111 Å². The SMILES string of the molecule is O=C(c1ccc(F)cc1)c1cc(I)ccc1O. The van der Waals surface area contributed by atoms with E-state index in [2.05, 4.69) is 22.6 Å². The van der Waals surface area contributed by atoms with Crippen LogP contribution in [0.15, 0.2) is 42.5 Å². The zero-order valence-corrected chi connectivity index (χ0v) is 10.8. The van der Waals surface area contributed by atoms with E-state index in [-0.39, 0.29) is 17.1 Å². The van der Waals surface area contributed by atoms with E-state index < -0.39 is 5.82 Å².